The van der Waals surface area contributed by atoms with Crippen molar-refractivity contribution in [1.82, 2.24) is 9.80 Å². The van der Waals surface area contributed by atoms with E-state index in [4.69, 9.17) is 16.3 Å². The zero-order valence-electron chi connectivity index (χ0n) is 13.9. The van der Waals surface area contributed by atoms with Crippen LogP contribution in [0.3, 0.4) is 0 Å². The zero-order valence-corrected chi connectivity index (χ0v) is 14.7. The first kappa shape index (κ1) is 17.5. The third-order valence-electron chi connectivity index (χ3n) is 4.31. The van der Waals surface area contributed by atoms with Crippen LogP contribution in [0, 0.1) is 0 Å². The van der Waals surface area contributed by atoms with Crippen molar-refractivity contribution in [2.24, 2.45) is 0 Å². The van der Waals surface area contributed by atoms with Crippen LogP contribution in [-0.4, -0.2) is 60.3 Å². The normalized spacial score (nSPS) is 22.0. The second kappa shape index (κ2) is 7.64. The predicted octanol–water partition coefficient (Wildman–Crippen LogP) is 2.80. The molecular weight excluding hydrogens is 300 g/mol. The first-order valence-electron chi connectivity index (χ1n) is 7.93. The zero-order chi connectivity index (χ0) is 16.3. The van der Waals surface area contributed by atoms with Gasteiger partial charge in [-0.05, 0) is 45.5 Å². The van der Waals surface area contributed by atoms with E-state index in [0.29, 0.717) is 16.8 Å². The van der Waals surface area contributed by atoms with Gasteiger partial charge in [-0.25, -0.2) is 0 Å². The molecule has 22 heavy (non-hydrogen) atoms. The number of ether oxygens (including phenoxy) is 1. The van der Waals surface area contributed by atoms with Gasteiger partial charge in [0.15, 0.2) is 0 Å². The molecule has 1 fully saturated rings. The maximum atomic E-state index is 9.86. The molecule has 1 N–H and O–H groups in total. The molecule has 0 spiro atoms. The summed E-state index contributed by atoms with van der Waals surface area (Å²) in [6.45, 7) is 9.18. The minimum absolute atomic E-state index is 0.0123. The lowest BCUT2D eigenvalue weighted by molar-refractivity contribution is 0.0463. The Labute approximate surface area is 138 Å². The summed E-state index contributed by atoms with van der Waals surface area (Å²) in [5.41, 5.74) is 1.04. The third kappa shape index (κ3) is 4.13. The molecule has 1 aromatic rings. The van der Waals surface area contributed by atoms with Crippen LogP contribution < -0.4 is 4.74 Å². The van der Waals surface area contributed by atoms with E-state index in [0.717, 1.165) is 25.2 Å². The molecule has 124 valence electrons. The number of halogens is 1. The molecule has 0 radical (unpaired) electrons. The van der Waals surface area contributed by atoms with E-state index in [9.17, 15) is 5.11 Å². The molecule has 0 amide bonds. The van der Waals surface area contributed by atoms with Gasteiger partial charge in [0.2, 0.25) is 0 Å². The van der Waals surface area contributed by atoms with E-state index < -0.39 is 0 Å². The number of likely N-dealkylation sites (N-methyl/N-ethyl adjacent to an activating group) is 1. The molecule has 4 nitrogen and oxygen atoms in total. The molecule has 5 heteroatoms. The summed E-state index contributed by atoms with van der Waals surface area (Å²) < 4.78 is 5.68. The molecular formula is C17H27ClN2O2. The van der Waals surface area contributed by atoms with Crippen molar-refractivity contribution in [3.63, 3.8) is 0 Å². The van der Waals surface area contributed by atoms with E-state index >= 15 is 0 Å². The topological polar surface area (TPSA) is 35.9 Å². The van der Waals surface area contributed by atoms with Crippen LogP contribution in [-0.2, 0) is 0 Å². The maximum absolute atomic E-state index is 9.86. The lowest BCUT2D eigenvalue weighted by atomic mass is 10.0. The predicted molar refractivity (Wildman–Crippen MR) is 90.7 cm³/mol. The molecule has 2 unspecified atom stereocenters. The highest BCUT2D eigenvalue weighted by molar-refractivity contribution is 6.32. The van der Waals surface area contributed by atoms with Crippen molar-refractivity contribution in [3.05, 3.63) is 28.8 Å². The Kier molecular flexibility index (Phi) is 6.09. The Hall–Kier alpha value is -0.810. The van der Waals surface area contributed by atoms with Crippen LogP contribution in [0.1, 0.15) is 32.4 Å². The highest BCUT2D eigenvalue weighted by Gasteiger charge is 2.27. The Bertz CT molecular complexity index is 496. The van der Waals surface area contributed by atoms with Crippen LogP contribution in [0.5, 0.6) is 5.75 Å². The Morgan fingerprint density at radius 1 is 1.36 bits per heavy atom. The number of benzene rings is 1. The highest BCUT2D eigenvalue weighted by Crippen LogP contribution is 2.31. The fraction of sp³-hybridized carbons (Fsp3) is 0.647. The number of aliphatic hydroxyl groups is 1. The van der Waals surface area contributed by atoms with Crippen LogP contribution >= 0.6 is 11.6 Å². The van der Waals surface area contributed by atoms with Crippen LogP contribution in [0.4, 0.5) is 0 Å². The van der Waals surface area contributed by atoms with E-state index in [1.807, 2.05) is 32.0 Å². The van der Waals surface area contributed by atoms with Crippen molar-refractivity contribution in [2.75, 3.05) is 33.3 Å². The van der Waals surface area contributed by atoms with Gasteiger partial charge in [0.05, 0.1) is 23.8 Å². The summed E-state index contributed by atoms with van der Waals surface area (Å²) >= 11 is 6.33. The lowest BCUT2D eigenvalue weighted by Gasteiger charge is -2.41. The lowest BCUT2D eigenvalue weighted by Crippen LogP contribution is -2.51. The monoisotopic (exact) mass is 326 g/mol. The summed E-state index contributed by atoms with van der Waals surface area (Å²) in [7, 11) is 2.14. The highest BCUT2D eigenvalue weighted by atomic mass is 35.5. The van der Waals surface area contributed by atoms with Gasteiger partial charge < -0.3 is 14.7 Å². The molecule has 2 atom stereocenters. The van der Waals surface area contributed by atoms with Crippen molar-refractivity contribution in [2.45, 2.75) is 39.0 Å². The van der Waals surface area contributed by atoms with Crippen molar-refractivity contribution >= 4 is 11.6 Å². The van der Waals surface area contributed by atoms with Crippen molar-refractivity contribution < 1.29 is 9.84 Å². The van der Waals surface area contributed by atoms with Gasteiger partial charge in [-0.3, -0.25) is 4.90 Å². The number of aliphatic hydroxyl groups excluding tert-OH is 1. The molecule has 1 aliphatic rings. The molecule has 0 saturated carbocycles. The summed E-state index contributed by atoms with van der Waals surface area (Å²) in [4.78, 5) is 4.68. The first-order valence-corrected chi connectivity index (χ1v) is 8.31. The van der Waals surface area contributed by atoms with Crippen LogP contribution in [0.2, 0.25) is 5.02 Å². The fourth-order valence-corrected chi connectivity index (χ4v) is 3.10. The molecule has 1 aromatic carbocycles. The summed E-state index contributed by atoms with van der Waals surface area (Å²) in [6.07, 6.45) is 0.0930. The van der Waals surface area contributed by atoms with Gasteiger partial charge in [-0.1, -0.05) is 17.7 Å². The van der Waals surface area contributed by atoms with Crippen molar-refractivity contribution in [3.8, 4) is 5.75 Å². The Balaban J connectivity index is 2.15. The average Bonchev–Trinajstić information content (AvgIpc) is 2.46. The van der Waals surface area contributed by atoms with Gasteiger partial charge in [0.1, 0.15) is 5.75 Å². The van der Waals surface area contributed by atoms with Gasteiger partial charge in [-0.15, -0.1) is 0 Å². The molecule has 1 saturated heterocycles. The third-order valence-corrected chi connectivity index (χ3v) is 4.60. The number of hydrogen-bond donors (Lipinski definition) is 1. The molecule has 0 aromatic heterocycles. The van der Waals surface area contributed by atoms with E-state index in [-0.39, 0.29) is 18.8 Å². The molecule has 0 aliphatic carbocycles. The molecule has 1 heterocycles. The largest absolute Gasteiger partial charge is 0.489 e. The fourth-order valence-electron chi connectivity index (χ4n) is 2.87. The standard InChI is InChI=1S/C17H27ClN2O2/c1-12(2)22-17-6-5-14(9-15(17)18)16(11-21)20-8-7-19(4)13(3)10-20/h5-6,9,12-13,16,21H,7-8,10-11H2,1-4H3. The first-order chi connectivity index (χ1) is 10.4. The minimum atomic E-state index is -0.0123. The Morgan fingerprint density at radius 3 is 2.64 bits per heavy atom. The summed E-state index contributed by atoms with van der Waals surface area (Å²) in [5, 5.41) is 10.5. The Morgan fingerprint density at radius 2 is 2.09 bits per heavy atom. The number of piperazine rings is 1. The van der Waals surface area contributed by atoms with Crippen LogP contribution in [0.15, 0.2) is 18.2 Å². The molecule has 0 bridgehead atoms. The van der Waals surface area contributed by atoms with E-state index in [1.54, 1.807) is 0 Å². The number of nitrogens with zero attached hydrogens (tertiary/aromatic N) is 2. The van der Waals surface area contributed by atoms with Crippen LogP contribution in [0.25, 0.3) is 0 Å². The quantitative estimate of drug-likeness (QED) is 0.902. The number of rotatable bonds is 5. The summed E-state index contributed by atoms with van der Waals surface area (Å²) in [5.74, 6) is 0.698. The second-order valence-electron chi connectivity index (χ2n) is 6.38. The van der Waals surface area contributed by atoms with E-state index in [1.165, 1.54) is 0 Å². The van der Waals surface area contributed by atoms with E-state index in [2.05, 4.69) is 23.8 Å². The van der Waals surface area contributed by atoms with Gasteiger partial charge >= 0.3 is 0 Å². The smallest absolute Gasteiger partial charge is 0.138 e. The van der Waals surface area contributed by atoms with Gasteiger partial charge in [0.25, 0.3) is 0 Å². The molecule has 2 rings (SSSR count). The van der Waals surface area contributed by atoms with Gasteiger partial charge in [-0.2, -0.15) is 0 Å². The van der Waals surface area contributed by atoms with Gasteiger partial charge in [0, 0.05) is 25.7 Å². The number of hydrogen-bond acceptors (Lipinski definition) is 4. The minimum Gasteiger partial charge on any atom is -0.489 e. The maximum Gasteiger partial charge on any atom is 0.138 e. The molecule has 1 aliphatic heterocycles. The second-order valence-corrected chi connectivity index (χ2v) is 6.79. The SMILES string of the molecule is CC(C)Oc1ccc(C(CO)N2CCN(C)C(C)C2)cc1Cl. The average molecular weight is 327 g/mol. The van der Waals surface area contributed by atoms with Crippen molar-refractivity contribution in [1.29, 1.82) is 0 Å². The summed E-state index contributed by atoms with van der Waals surface area (Å²) in [6, 6.07) is 6.31.